The van der Waals surface area contributed by atoms with Gasteiger partial charge in [-0.1, -0.05) is 19.8 Å². The summed E-state index contributed by atoms with van der Waals surface area (Å²) in [6.45, 7) is 5.88. The van der Waals surface area contributed by atoms with Crippen LogP contribution in [0.15, 0.2) is 4.99 Å². The molecule has 5 nitrogen and oxygen atoms in total. The van der Waals surface area contributed by atoms with E-state index < -0.39 is 0 Å². The predicted molar refractivity (Wildman–Crippen MR) is 100 cm³/mol. The Labute approximate surface area is 147 Å². The Bertz CT molecular complexity index is 433. The van der Waals surface area contributed by atoms with Crippen LogP contribution in [-0.4, -0.2) is 50.0 Å². The van der Waals surface area contributed by atoms with Crippen LogP contribution in [0.2, 0.25) is 0 Å². The predicted octanol–water partition coefficient (Wildman–Crippen LogP) is 2.77. The Kier molecular flexibility index (Phi) is 6.93. The Balaban J connectivity index is 2.01. The monoisotopic (exact) mass is 336 g/mol. The van der Waals surface area contributed by atoms with E-state index >= 15 is 0 Å². The first kappa shape index (κ1) is 19.1. The molecule has 2 saturated carbocycles. The molecule has 138 valence electrons. The Morgan fingerprint density at radius 1 is 1.17 bits per heavy atom. The van der Waals surface area contributed by atoms with E-state index in [9.17, 15) is 4.79 Å². The summed E-state index contributed by atoms with van der Waals surface area (Å²) in [5.41, 5.74) is -0.285. The first-order valence-electron chi connectivity index (χ1n) is 9.73. The van der Waals surface area contributed by atoms with Gasteiger partial charge in [-0.3, -0.25) is 9.79 Å². The fraction of sp³-hybridized carbons (Fsp3) is 0.895. The van der Waals surface area contributed by atoms with Crippen molar-refractivity contribution in [3.8, 4) is 0 Å². The Hall–Kier alpha value is -1.26. The fourth-order valence-corrected chi connectivity index (χ4v) is 4.11. The van der Waals surface area contributed by atoms with Crippen molar-refractivity contribution < 1.29 is 4.79 Å². The average Bonchev–Trinajstić information content (AvgIpc) is 3.04. The van der Waals surface area contributed by atoms with Gasteiger partial charge in [-0.05, 0) is 51.4 Å². The number of hydrogen-bond acceptors (Lipinski definition) is 2. The molecule has 0 unspecified atom stereocenters. The summed E-state index contributed by atoms with van der Waals surface area (Å²) in [6.07, 6.45) is 9.22. The molecule has 2 rings (SSSR count). The molecule has 0 bridgehead atoms. The topological polar surface area (TPSA) is 56.7 Å². The molecule has 0 heterocycles. The van der Waals surface area contributed by atoms with Crippen LogP contribution in [-0.2, 0) is 4.79 Å². The minimum absolute atomic E-state index is 0.242. The van der Waals surface area contributed by atoms with Gasteiger partial charge < -0.3 is 15.5 Å². The number of carbonyl (C=O) groups excluding carboxylic acids is 1. The normalized spacial score (nSPS) is 26.9. The third-order valence-electron chi connectivity index (χ3n) is 5.66. The van der Waals surface area contributed by atoms with Crippen molar-refractivity contribution in [3.05, 3.63) is 0 Å². The number of hydrogen-bond donors (Lipinski definition) is 2. The van der Waals surface area contributed by atoms with Gasteiger partial charge in [-0.15, -0.1) is 0 Å². The molecular weight excluding hydrogens is 300 g/mol. The van der Waals surface area contributed by atoms with Crippen LogP contribution < -0.4 is 10.6 Å². The van der Waals surface area contributed by atoms with Gasteiger partial charge in [0, 0.05) is 26.7 Å². The van der Waals surface area contributed by atoms with Crippen LogP contribution in [0.5, 0.6) is 0 Å². The summed E-state index contributed by atoms with van der Waals surface area (Å²) in [7, 11) is 3.72. The molecule has 0 atom stereocenters. The zero-order valence-corrected chi connectivity index (χ0v) is 16.0. The van der Waals surface area contributed by atoms with E-state index in [4.69, 9.17) is 4.99 Å². The van der Waals surface area contributed by atoms with Crippen molar-refractivity contribution in [2.24, 2.45) is 16.3 Å². The zero-order chi connectivity index (χ0) is 17.6. The van der Waals surface area contributed by atoms with Gasteiger partial charge in [0.2, 0.25) is 5.91 Å². The first-order chi connectivity index (χ1) is 11.5. The summed E-state index contributed by atoms with van der Waals surface area (Å²) in [5.74, 6) is 1.98. The highest BCUT2D eigenvalue weighted by atomic mass is 16.2. The standard InChI is InChI=1S/C19H36N4O/c1-5-20-18(22-16-10-8-15(2)9-11-16)21-14-19(12-6-7-13-19)17(24)23(3)4/h15-16H,5-14H2,1-4H3,(H2,20,21,22). The van der Waals surface area contributed by atoms with Crippen LogP contribution >= 0.6 is 0 Å². The molecule has 0 aromatic rings. The van der Waals surface area contributed by atoms with E-state index in [0.29, 0.717) is 12.6 Å². The maximum Gasteiger partial charge on any atom is 0.230 e. The number of amides is 1. The second-order valence-electron chi connectivity index (χ2n) is 7.98. The molecule has 2 N–H and O–H groups in total. The van der Waals surface area contributed by atoms with E-state index in [-0.39, 0.29) is 11.3 Å². The van der Waals surface area contributed by atoms with E-state index in [1.54, 1.807) is 4.90 Å². The maximum atomic E-state index is 12.7. The maximum absolute atomic E-state index is 12.7. The summed E-state index contributed by atoms with van der Waals surface area (Å²) >= 11 is 0. The summed E-state index contributed by atoms with van der Waals surface area (Å²) < 4.78 is 0. The molecule has 0 spiro atoms. The highest BCUT2D eigenvalue weighted by molar-refractivity contribution is 5.84. The summed E-state index contributed by atoms with van der Waals surface area (Å²) in [5, 5.41) is 6.97. The van der Waals surface area contributed by atoms with Gasteiger partial charge >= 0.3 is 0 Å². The van der Waals surface area contributed by atoms with Crippen LogP contribution in [0.25, 0.3) is 0 Å². The van der Waals surface area contributed by atoms with Gasteiger partial charge in [-0.25, -0.2) is 0 Å². The number of guanidine groups is 1. The number of nitrogens with zero attached hydrogens (tertiary/aromatic N) is 2. The molecule has 0 saturated heterocycles. The minimum Gasteiger partial charge on any atom is -0.357 e. The lowest BCUT2D eigenvalue weighted by Gasteiger charge is -2.31. The molecule has 24 heavy (non-hydrogen) atoms. The van der Waals surface area contributed by atoms with Gasteiger partial charge in [0.15, 0.2) is 5.96 Å². The van der Waals surface area contributed by atoms with Gasteiger partial charge in [-0.2, -0.15) is 0 Å². The van der Waals surface area contributed by atoms with Gasteiger partial charge in [0.25, 0.3) is 0 Å². The van der Waals surface area contributed by atoms with Crippen LogP contribution in [0, 0.1) is 11.3 Å². The lowest BCUT2D eigenvalue weighted by Crippen LogP contribution is -2.46. The zero-order valence-electron chi connectivity index (χ0n) is 16.0. The quantitative estimate of drug-likeness (QED) is 0.599. The van der Waals surface area contributed by atoms with E-state index in [2.05, 4.69) is 24.5 Å². The third kappa shape index (κ3) is 4.87. The van der Waals surface area contributed by atoms with Gasteiger partial charge in [0.05, 0.1) is 12.0 Å². The van der Waals surface area contributed by atoms with E-state index in [1.807, 2.05) is 14.1 Å². The molecule has 1 amide bonds. The molecule has 2 aliphatic carbocycles. The van der Waals surface area contributed by atoms with Crippen molar-refractivity contribution in [1.29, 1.82) is 0 Å². The smallest absolute Gasteiger partial charge is 0.230 e. The lowest BCUT2D eigenvalue weighted by atomic mass is 9.84. The third-order valence-corrected chi connectivity index (χ3v) is 5.66. The van der Waals surface area contributed by atoms with E-state index in [0.717, 1.165) is 44.1 Å². The molecule has 0 aliphatic heterocycles. The number of nitrogens with one attached hydrogen (secondary N) is 2. The SMILES string of the molecule is CCNC(=NCC1(C(=O)N(C)C)CCCC1)NC1CCC(C)CC1. The lowest BCUT2D eigenvalue weighted by molar-refractivity contribution is -0.138. The Morgan fingerprint density at radius 3 is 2.33 bits per heavy atom. The number of aliphatic imine (C=N–C) groups is 1. The number of carbonyl (C=O) groups is 1. The highest BCUT2D eigenvalue weighted by Crippen LogP contribution is 2.39. The van der Waals surface area contributed by atoms with Crippen LogP contribution in [0.4, 0.5) is 0 Å². The largest absolute Gasteiger partial charge is 0.357 e. The van der Waals surface area contributed by atoms with Crippen molar-refractivity contribution in [2.75, 3.05) is 27.2 Å². The average molecular weight is 337 g/mol. The molecule has 0 aromatic heterocycles. The molecule has 5 heteroatoms. The molecule has 0 radical (unpaired) electrons. The fourth-order valence-electron chi connectivity index (χ4n) is 4.11. The van der Waals surface area contributed by atoms with Crippen LogP contribution in [0.1, 0.15) is 65.2 Å². The molecule has 2 aliphatic rings. The van der Waals surface area contributed by atoms with E-state index in [1.165, 1.54) is 25.7 Å². The van der Waals surface area contributed by atoms with Crippen molar-refractivity contribution in [2.45, 2.75) is 71.3 Å². The highest BCUT2D eigenvalue weighted by Gasteiger charge is 2.42. The second-order valence-corrected chi connectivity index (χ2v) is 7.98. The summed E-state index contributed by atoms with van der Waals surface area (Å²) in [4.78, 5) is 19.3. The van der Waals surface area contributed by atoms with Crippen molar-refractivity contribution in [1.82, 2.24) is 15.5 Å². The van der Waals surface area contributed by atoms with Crippen LogP contribution in [0.3, 0.4) is 0 Å². The molecule has 2 fully saturated rings. The molecular formula is C19H36N4O. The Morgan fingerprint density at radius 2 is 1.79 bits per heavy atom. The molecule has 0 aromatic carbocycles. The second kappa shape index (κ2) is 8.72. The number of rotatable bonds is 5. The van der Waals surface area contributed by atoms with Crippen molar-refractivity contribution in [3.63, 3.8) is 0 Å². The summed E-state index contributed by atoms with van der Waals surface area (Å²) in [6, 6.07) is 0.517. The first-order valence-corrected chi connectivity index (χ1v) is 9.73. The minimum atomic E-state index is -0.285. The van der Waals surface area contributed by atoms with Gasteiger partial charge in [0.1, 0.15) is 0 Å². The van der Waals surface area contributed by atoms with Crippen molar-refractivity contribution >= 4 is 11.9 Å².